The lowest BCUT2D eigenvalue weighted by atomic mass is 10.1. The molecule has 1 saturated heterocycles. The highest BCUT2D eigenvalue weighted by Crippen LogP contribution is 2.22. The molecule has 0 aromatic rings. The van der Waals surface area contributed by atoms with Gasteiger partial charge in [0.2, 0.25) is 11.8 Å². The standard InChI is InChI=1S/C8H13NO2.C8H11NO2.C4H9I.C4H9N3/c2*1-8(2,3)9-6(10)4-5-7(9)11;1-4(2,3)5;1-4(2,3)6-7-5/h4-5H2,1-3H3;4-5H,1-3H3;1-3H3;1-3H3. The lowest BCUT2D eigenvalue weighted by Gasteiger charge is -2.29. The molecule has 2 aliphatic heterocycles. The molecule has 0 atom stereocenters. The van der Waals surface area contributed by atoms with Crippen LogP contribution >= 0.6 is 22.6 Å². The summed E-state index contributed by atoms with van der Waals surface area (Å²) in [5.74, 6) is -0.519. The number of hydrogen-bond donors (Lipinski definition) is 0. The predicted octanol–water partition coefficient (Wildman–Crippen LogP) is 5.96. The number of halogens is 1. The zero-order valence-corrected chi connectivity index (χ0v) is 25.0. The Morgan fingerprint density at radius 3 is 1.15 bits per heavy atom. The van der Waals surface area contributed by atoms with Crippen molar-refractivity contribution in [2.45, 2.75) is 116 Å². The highest BCUT2D eigenvalue weighted by Gasteiger charge is 2.37. The Morgan fingerprint density at radius 1 is 0.735 bits per heavy atom. The smallest absolute Gasteiger partial charge is 0.254 e. The summed E-state index contributed by atoms with van der Waals surface area (Å²) < 4.78 is 0.470. The maximum absolute atomic E-state index is 11.1. The Labute approximate surface area is 218 Å². The fourth-order valence-electron chi connectivity index (χ4n) is 2.52. The van der Waals surface area contributed by atoms with Gasteiger partial charge in [0, 0.05) is 49.9 Å². The van der Waals surface area contributed by atoms with Gasteiger partial charge in [0.25, 0.3) is 11.8 Å². The summed E-state index contributed by atoms with van der Waals surface area (Å²) in [6, 6.07) is 0. The number of rotatable bonds is 0. The molecule has 0 spiro atoms. The first-order chi connectivity index (χ1) is 14.9. The number of alkyl halides is 1. The highest BCUT2D eigenvalue weighted by molar-refractivity contribution is 14.1. The lowest BCUT2D eigenvalue weighted by Crippen LogP contribution is -2.45. The molecule has 0 unspecified atom stereocenters. The van der Waals surface area contributed by atoms with E-state index in [-0.39, 0.29) is 34.7 Å². The highest BCUT2D eigenvalue weighted by atomic mass is 127. The largest absolute Gasteiger partial charge is 0.277 e. The Kier molecular flexibility index (Phi) is 13.3. The van der Waals surface area contributed by atoms with Gasteiger partial charge in [-0.15, -0.1) is 0 Å². The fourth-order valence-corrected chi connectivity index (χ4v) is 2.52. The molecule has 0 bridgehead atoms. The molecule has 0 radical (unpaired) electrons. The van der Waals surface area contributed by atoms with E-state index in [2.05, 4.69) is 53.4 Å². The third-order valence-electron chi connectivity index (χ3n) is 3.55. The summed E-state index contributed by atoms with van der Waals surface area (Å²) in [7, 11) is 0. The molecule has 1 fully saturated rings. The quantitative estimate of drug-likeness (QED) is 0.0861. The van der Waals surface area contributed by atoms with E-state index in [0.29, 0.717) is 16.3 Å². The van der Waals surface area contributed by atoms with Crippen molar-refractivity contribution in [1.82, 2.24) is 9.80 Å². The van der Waals surface area contributed by atoms with Crippen molar-refractivity contribution in [3.05, 3.63) is 22.6 Å². The third kappa shape index (κ3) is 15.8. The van der Waals surface area contributed by atoms with E-state index in [1.807, 2.05) is 62.3 Å². The average molecular weight is 592 g/mol. The van der Waals surface area contributed by atoms with Gasteiger partial charge in [-0.3, -0.25) is 29.0 Å². The molecule has 194 valence electrons. The number of nitrogens with zero attached hydrogens (tertiary/aromatic N) is 5. The van der Waals surface area contributed by atoms with Gasteiger partial charge in [-0.05, 0) is 47.1 Å². The molecule has 34 heavy (non-hydrogen) atoms. The minimum absolute atomic E-state index is 0.0394. The number of hydrogen-bond acceptors (Lipinski definition) is 5. The first-order valence-electron chi connectivity index (χ1n) is 11.1. The summed E-state index contributed by atoms with van der Waals surface area (Å²) in [6.45, 7) is 23.2. The maximum Gasteiger partial charge on any atom is 0.254 e. The van der Waals surface area contributed by atoms with Crippen LogP contribution in [0.2, 0.25) is 0 Å². The topological polar surface area (TPSA) is 124 Å². The molecule has 0 aromatic heterocycles. The number of azide groups is 1. The van der Waals surface area contributed by atoms with Gasteiger partial charge in [0.1, 0.15) is 0 Å². The maximum atomic E-state index is 11.1. The SMILES string of the molecule is CC(C)(C)I.CC(C)(C)N1C(=O)C=CC1=O.CC(C)(C)N1C(=O)CCC1=O.CC(C)(C)N=[N+]=[N-]. The number of likely N-dealkylation sites (tertiary alicyclic amines) is 1. The number of carbonyl (C=O) groups is 4. The Hall–Kier alpha value is -1.94. The van der Waals surface area contributed by atoms with Gasteiger partial charge < -0.3 is 0 Å². The second-order valence-corrected chi connectivity index (χ2v) is 15.0. The van der Waals surface area contributed by atoms with E-state index in [4.69, 9.17) is 5.53 Å². The van der Waals surface area contributed by atoms with Crippen molar-refractivity contribution in [1.29, 1.82) is 0 Å². The molecule has 2 heterocycles. The van der Waals surface area contributed by atoms with E-state index in [1.165, 1.54) is 22.0 Å². The molecular weight excluding hydrogens is 549 g/mol. The van der Waals surface area contributed by atoms with Crippen LogP contribution in [0.4, 0.5) is 0 Å². The van der Waals surface area contributed by atoms with Crippen molar-refractivity contribution in [3.63, 3.8) is 0 Å². The van der Waals surface area contributed by atoms with Gasteiger partial charge in [0.05, 0.1) is 0 Å². The van der Waals surface area contributed by atoms with E-state index in [9.17, 15) is 19.2 Å². The van der Waals surface area contributed by atoms with E-state index in [0.717, 1.165) is 0 Å². The number of imide groups is 2. The van der Waals surface area contributed by atoms with E-state index in [1.54, 1.807) is 0 Å². The van der Waals surface area contributed by atoms with Crippen LogP contribution < -0.4 is 0 Å². The van der Waals surface area contributed by atoms with Gasteiger partial charge >= 0.3 is 0 Å². The summed E-state index contributed by atoms with van der Waals surface area (Å²) >= 11 is 2.38. The molecule has 4 amide bonds. The number of amides is 4. The van der Waals surface area contributed by atoms with Gasteiger partial charge in [-0.2, -0.15) is 0 Å². The monoisotopic (exact) mass is 591 g/mol. The molecule has 0 aromatic carbocycles. The third-order valence-corrected chi connectivity index (χ3v) is 3.55. The summed E-state index contributed by atoms with van der Waals surface area (Å²) in [4.78, 5) is 49.6. The molecule has 2 rings (SSSR count). The minimum atomic E-state index is -0.405. The lowest BCUT2D eigenvalue weighted by molar-refractivity contribution is -0.144. The number of carbonyl (C=O) groups excluding carboxylic acids is 4. The van der Waals surface area contributed by atoms with Gasteiger partial charge in [-0.25, -0.2) is 0 Å². The van der Waals surface area contributed by atoms with Crippen molar-refractivity contribution < 1.29 is 19.2 Å². The van der Waals surface area contributed by atoms with Crippen LogP contribution in [0.15, 0.2) is 17.3 Å². The normalized spacial score (nSPS) is 16.1. The predicted molar refractivity (Wildman–Crippen MR) is 144 cm³/mol. The second kappa shape index (κ2) is 13.2. The Balaban J connectivity index is 0. The Morgan fingerprint density at radius 2 is 1.03 bits per heavy atom. The van der Waals surface area contributed by atoms with Crippen molar-refractivity contribution in [2.75, 3.05) is 0 Å². The molecule has 0 N–H and O–H groups in total. The average Bonchev–Trinajstić information content (AvgIpc) is 3.06. The van der Waals surface area contributed by atoms with Crippen molar-refractivity contribution >= 4 is 46.2 Å². The molecule has 0 aliphatic carbocycles. The second-order valence-electron chi connectivity index (χ2n) is 11.7. The van der Waals surface area contributed by atoms with Crippen LogP contribution in [0.3, 0.4) is 0 Å². The van der Waals surface area contributed by atoms with Crippen LogP contribution in [0.5, 0.6) is 0 Å². The van der Waals surface area contributed by atoms with Crippen molar-refractivity contribution in [3.8, 4) is 0 Å². The van der Waals surface area contributed by atoms with Crippen molar-refractivity contribution in [2.24, 2.45) is 5.11 Å². The first-order valence-corrected chi connectivity index (χ1v) is 12.2. The van der Waals surface area contributed by atoms with Crippen LogP contribution in [0.1, 0.15) is 95.9 Å². The Bertz CT molecular complexity index is 766. The minimum Gasteiger partial charge on any atom is -0.277 e. The molecule has 2 aliphatic rings. The summed E-state index contributed by atoms with van der Waals surface area (Å²) in [5, 5.41) is 3.44. The van der Waals surface area contributed by atoms with Gasteiger partial charge in [-0.1, -0.05) is 69.2 Å². The zero-order chi connectivity index (χ0) is 27.7. The fraction of sp³-hybridized carbons (Fsp3) is 0.750. The van der Waals surface area contributed by atoms with Crippen LogP contribution in [-0.2, 0) is 19.2 Å². The van der Waals surface area contributed by atoms with Crippen LogP contribution in [0.25, 0.3) is 10.4 Å². The van der Waals surface area contributed by atoms with E-state index >= 15 is 0 Å². The van der Waals surface area contributed by atoms with Crippen LogP contribution in [0, 0.1) is 0 Å². The summed E-state index contributed by atoms with van der Waals surface area (Å²) in [6.07, 6.45) is 3.37. The summed E-state index contributed by atoms with van der Waals surface area (Å²) in [5.41, 5.74) is 6.87. The first kappa shape index (κ1) is 34.2. The van der Waals surface area contributed by atoms with Gasteiger partial charge in [0.15, 0.2) is 0 Å². The molecule has 0 saturated carbocycles. The molecule has 10 heteroatoms. The molecule has 9 nitrogen and oxygen atoms in total. The molecular formula is C24H42IN5O4. The van der Waals surface area contributed by atoms with Crippen LogP contribution in [-0.4, -0.2) is 53.5 Å². The zero-order valence-electron chi connectivity index (χ0n) is 22.8. The van der Waals surface area contributed by atoms with E-state index < -0.39 is 5.54 Å².